The van der Waals surface area contributed by atoms with Crippen LogP contribution in [0.3, 0.4) is 0 Å². The fourth-order valence-electron chi connectivity index (χ4n) is 1.34. The number of rotatable bonds is 7. The lowest BCUT2D eigenvalue weighted by atomic mass is 10.2. The quantitative estimate of drug-likeness (QED) is 0.763. The Hall–Kier alpha value is -1.88. The van der Waals surface area contributed by atoms with Gasteiger partial charge in [0, 0.05) is 6.42 Å². The first-order valence-corrected chi connectivity index (χ1v) is 5.77. The number of carboxylic acid groups (broad SMARTS) is 1. The first-order valence-electron chi connectivity index (χ1n) is 5.77. The van der Waals surface area contributed by atoms with E-state index >= 15 is 0 Å². The summed E-state index contributed by atoms with van der Waals surface area (Å²) in [5, 5.41) is 11.3. The molecule has 1 aromatic carbocycles. The molecule has 2 N–H and O–H groups in total. The fourth-order valence-corrected chi connectivity index (χ4v) is 1.34. The molecule has 18 heavy (non-hydrogen) atoms. The molecule has 5 heteroatoms. The van der Waals surface area contributed by atoms with Crippen LogP contribution in [0.2, 0.25) is 0 Å². The summed E-state index contributed by atoms with van der Waals surface area (Å²) in [6, 6.07) is 8.44. The van der Waals surface area contributed by atoms with Crippen molar-refractivity contribution in [3.63, 3.8) is 0 Å². The average molecular weight is 251 g/mol. The van der Waals surface area contributed by atoms with E-state index in [1.807, 2.05) is 30.3 Å². The maximum atomic E-state index is 11.1. The van der Waals surface area contributed by atoms with Crippen LogP contribution in [0, 0.1) is 0 Å². The molecule has 1 amide bonds. The van der Waals surface area contributed by atoms with Gasteiger partial charge in [0.1, 0.15) is 0 Å². The van der Waals surface area contributed by atoms with Crippen molar-refractivity contribution in [3.05, 3.63) is 35.9 Å². The number of carboxylic acids is 1. The summed E-state index contributed by atoms with van der Waals surface area (Å²) >= 11 is 0. The molecule has 0 heterocycles. The monoisotopic (exact) mass is 251 g/mol. The number of benzene rings is 1. The molecular formula is C13H17NO4. The molecule has 0 radical (unpaired) electrons. The maximum Gasteiger partial charge on any atom is 0.328 e. The molecule has 0 fully saturated rings. The number of aliphatic carboxylic acids is 1. The van der Waals surface area contributed by atoms with E-state index in [9.17, 15) is 9.59 Å². The lowest BCUT2D eigenvalue weighted by molar-refractivity contribution is -0.143. The van der Waals surface area contributed by atoms with Gasteiger partial charge in [0.2, 0.25) is 5.91 Å². The van der Waals surface area contributed by atoms with E-state index in [2.05, 4.69) is 5.32 Å². The van der Waals surface area contributed by atoms with Crippen molar-refractivity contribution in [2.45, 2.75) is 26.0 Å². The molecule has 0 bridgehead atoms. The van der Waals surface area contributed by atoms with Gasteiger partial charge in [0.15, 0.2) is 6.04 Å². The number of hydrogen-bond donors (Lipinski definition) is 2. The smallest absolute Gasteiger partial charge is 0.328 e. The van der Waals surface area contributed by atoms with Gasteiger partial charge in [-0.2, -0.15) is 0 Å². The Kier molecular flexibility index (Phi) is 5.87. The zero-order chi connectivity index (χ0) is 13.4. The molecule has 1 atom stereocenters. The van der Waals surface area contributed by atoms with Gasteiger partial charge in [-0.25, -0.2) is 4.79 Å². The minimum atomic E-state index is -1.09. The number of carbonyl (C=O) groups excluding carboxylic acids is 1. The minimum Gasteiger partial charge on any atom is -0.480 e. The summed E-state index contributed by atoms with van der Waals surface area (Å²) in [4.78, 5) is 22.0. The zero-order valence-electron chi connectivity index (χ0n) is 10.3. The third kappa shape index (κ3) is 4.97. The molecule has 98 valence electrons. The molecule has 0 aliphatic carbocycles. The number of ether oxygens (including phenoxy) is 1. The third-order valence-electron chi connectivity index (χ3n) is 2.35. The number of carbonyl (C=O) groups is 2. The van der Waals surface area contributed by atoms with Gasteiger partial charge in [-0.3, -0.25) is 4.79 Å². The Labute approximate surface area is 106 Å². The van der Waals surface area contributed by atoms with Crippen LogP contribution in [-0.2, 0) is 20.9 Å². The van der Waals surface area contributed by atoms with Gasteiger partial charge in [-0.1, -0.05) is 37.3 Å². The summed E-state index contributed by atoms with van der Waals surface area (Å²) in [5.74, 6) is -1.39. The fraction of sp³-hybridized carbons (Fsp3) is 0.385. The van der Waals surface area contributed by atoms with Crippen molar-refractivity contribution in [1.29, 1.82) is 0 Å². The summed E-state index contributed by atoms with van der Waals surface area (Å²) in [5.41, 5.74) is 0.962. The molecule has 0 aromatic heterocycles. The zero-order valence-corrected chi connectivity index (χ0v) is 10.3. The molecule has 0 unspecified atom stereocenters. The van der Waals surface area contributed by atoms with Crippen LogP contribution in [-0.4, -0.2) is 29.6 Å². The number of hydrogen-bond acceptors (Lipinski definition) is 3. The maximum absolute atomic E-state index is 11.1. The second-order valence-electron chi connectivity index (χ2n) is 3.81. The van der Waals surface area contributed by atoms with E-state index in [-0.39, 0.29) is 18.9 Å². The molecule has 1 aromatic rings. The molecule has 0 spiro atoms. The minimum absolute atomic E-state index is 0.0457. The second-order valence-corrected chi connectivity index (χ2v) is 3.81. The van der Waals surface area contributed by atoms with Crippen molar-refractivity contribution < 1.29 is 19.4 Å². The highest BCUT2D eigenvalue weighted by Crippen LogP contribution is 2.01. The number of amides is 1. The van der Waals surface area contributed by atoms with E-state index in [1.165, 1.54) is 0 Å². The van der Waals surface area contributed by atoms with Crippen molar-refractivity contribution in [1.82, 2.24) is 5.32 Å². The van der Waals surface area contributed by atoms with Crippen LogP contribution in [0.5, 0.6) is 0 Å². The predicted molar refractivity (Wildman–Crippen MR) is 66.0 cm³/mol. The highest BCUT2D eigenvalue weighted by atomic mass is 16.5. The van der Waals surface area contributed by atoms with Crippen molar-refractivity contribution in [3.8, 4) is 0 Å². The molecule has 1 rings (SSSR count). The van der Waals surface area contributed by atoms with Crippen LogP contribution >= 0.6 is 0 Å². The lowest BCUT2D eigenvalue weighted by Crippen LogP contribution is -2.43. The second kappa shape index (κ2) is 7.45. The third-order valence-corrected chi connectivity index (χ3v) is 2.35. The van der Waals surface area contributed by atoms with E-state index in [0.717, 1.165) is 5.56 Å². The molecular weight excluding hydrogens is 234 g/mol. The standard InChI is InChI=1S/C13H17NO4/c1-2-12(15)14-11(13(16)17)9-18-8-10-6-4-3-5-7-10/h3-7,11H,2,8-9H2,1H3,(H,14,15)(H,16,17)/t11-/m0/s1. The van der Waals surface area contributed by atoms with E-state index < -0.39 is 12.0 Å². The average Bonchev–Trinajstić information content (AvgIpc) is 2.38. The van der Waals surface area contributed by atoms with Crippen LogP contribution in [0.25, 0.3) is 0 Å². The van der Waals surface area contributed by atoms with Crippen molar-refractivity contribution >= 4 is 11.9 Å². The predicted octanol–water partition coefficient (Wildman–Crippen LogP) is 1.18. The summed E-state index contributed by atoms with van der Waals surface area (Å²) in [6.45, 7) is 1.95. The number of nitrogens with one attached hydrogen (secondary N) is 1. The van der Waals surface area contributed by atoms with Crippen molar-refractivity contribution in [2.24, 2.45) is 0 Å². The molecule has 0 aliphatic heterocycles. The van der Waals surface area contributed by atoms with Crippen molar-refractivity contribution in [2.75, 3.05) is 6.61 Å². The van der Waals surface area contributed by atoms with Crippen LogP contribution < -0.4 is 5.32 Å². The summed E-state index contributed by atoms with van der Waals surface area (Å²) in [7, 11) is 0. The Morgan fingerprint density at radius 3 is 2.56 bits per heavy atom. The first-order chi connectivity index (χ1) is 8.63. The normalized spacial score (nSPS) is 11.8. The topological polar surface area (TPSA) is 75.6 Å². The van der Waals surface area contributed by atoms with Crippen LogP contribution in [0.4, 0.5) is 0 Å². The molecule has 0 aliphatic rings. The Bertz CT molecular complexity index is 391. The summed E-state index contributed by atoms with van der Waals surface area (Å²) in [6.07, 6.45) is 0.252. The molecule has 0 saturated heterocycles. The van der Waals surface area contributed by atoms with E-state index in [0.29, 0.717) is 6.61 Å². The van der Waals surface area contributed by atoms with Crippen LogP contribution in [0.15, 0.2) is 30.3 Å². The Morgan fingerprint density at radius 2 is 2.00 bits per heavy atom. The lowest BCUT2D eigenvalue weighted by Gasteiger charge is -2.14. The first kappa shape index (κ1) is 14.2. The Balaban J connectivity index is 2.38. The highest BCUT2D eigenvalue weighted by molar-refractivity contribution is 5.83. The molecule has 5 nitrogen and oxygen atoms in total. The SMILES string of the molecule is CCC(=O)N[C@@H](COCc1ccccc1)C(=O)O. The van der Waals surface area contributed by atoms with Crippen LogP contribution in [0.1, 0.15) is 18.9 Å². The van der Waals surface area contributed by atoms with Gasteiger partial charge in [0.05, 0.1) is 13.2 Å². The largest absolute Gasteiger partial charge is 0.480 e. The van der Waals surface area contributed by atoms with Gasteiger partial charge in [-0.05, 0) is 5.56 Å². The summed E-state index contributed by atoms with van der Waals surface area (Å²) < 4.78 is 5.29. The van der Waals surface area contributed by atoms with Gasteiger partial charge >= 0.3 is 5.97 Å². The van der Waals surface area contributed by atoms with Gasteiger partial charge in [0.25, 0.3) is 0 Å². The van der Waals surface area contributed by atoms with E-state index in [4.69, 9.17) is 9.84 Å². The Morgan fingerprint density at radius 1 is 1.33 bits per heavy atom. The highest BCUT2D eigenvalue weighted by Gasteiger charge is 2.19. The van der Waals surface area contributed by atoms with Gasteiger partial charge in [-0.15, -0.1) is 0 Å². The van der Waals surface area contributed by atoms with E-state index in [1.54, 1.807) is 6.92 Å². The van der Waals surface area contributed by atoms with Gasteiger partial charge < -0.3 is 15.2 Å². The molecule has 0 saturated carbocycles.